The number of quaternary nitrogens is 2. The van der Waals surface area contributed by atoms with Crippen molar-refractivity contribution in [3.05, 3.63) is 0 Å². The highest BCUT2D eigenvalue weighted by molar-refractivity contribution is 5.77. The summed E-state index contributed by atoms with van der Waals surface area (Å²) < 4.78 is 0. The van der Waals surface area contributed by atoms with Gasteiger partial charge < -0.3 is 15.1 Å². The predicted molar refractivity (Wildman–Crippen MR) is 81.2 cm³/mol. The van der Waals surface area contributed by atoms with Gasteiger partial charge in [0.1, 0.15) is 26.2 Å². The molecule has 4 nitrogen and oxygen atoms in total. The molecule has 0 aromatic carbocycles. The molecule has 21 heavy (non-hydrogen) atoms. The summed E-state index contributed by atoms with van der Waals surface area (Å²) >= 11 is 0. The van der Waals surface area contributed by atoms with Gasteiger partial charge in [-0.1, -0.05) is 0 Å². The van der Waals surface area contributed by atoms with E-state index < -0.39 is 0 Å². The first-order chi connectivity index (χ1) is 10.1. The number of likely N-dealkylation sites (N-methyl/N-ethyl adjacent to an activating group) is 1. The molecule has 5 aliphatic rings. The van der Waals surface area contributed by atoms with Crippen molar-refractivity contribution in [3.63, 3.8) is 0 Å². The largest absolute Gasteiger partial charge is 0.346 e. The average Bonchev–Trinajstić information content (AvgIpc) is 2.39. The fraction of sp³-hybridized carbons (Fsp3) is 0.941. The first-order valence-electron chi connectivity index (χ1n) is 9.06. The van der Waals surface area contributed by atoms with E-state index in [1.165, 1.54) is 56.5 Å². The van der Waals surface area contributed by atoms with E-state index >= 15 is 0 Å². The van der Waals surface area contributed by atoms with Crippen LogP contribution in [0.3, 0.4) is 0 Å². The van der Waals surface area contributed by atoms with Gasteiger partial charge in [0, 0.05) is 5.54 Å². The minimum Gasteiger partial charge on any atom is -0.346 e. The second-order valence-electron chi connectivity index (χ2n) is 8.63. The van der Waals surface area contributed by atoms with E-state index in [4.69, 9.17) is 0 Å². The van der Waals surface area contributed by atoms with Crippen LogP contribution in [0.4, 0.5) is 0 Å². The molecule has 1 saturated heterocycles. The van der Waals surface area contributed by atoms with Crippen LogP contribution in [0.1, 0.15) is 38.5 Å². The number of hydrogen-bond acceptors (Lipinski definition) is 1. The third-order valence-corrected chi connectivity index (χ3v) is 6.66. The normalized spacial score (nSPS) is 48.3. The summed E-state index contributed by atoms with van der Waals surface area (Å²) in [5.74, 6) is 3.06. The standard InChI is InChI=1S/C17H29N3O/c1-19-2-4-20(5-3-19)12-16(21)18-17-9-13-6-14(10-17)8-15(7-13)11-17/h13-15H,2-12H2,1H3,(H,18,21)/p+2. The molecule has 4 aliphatic carbocycles. The van der Waals surface area contributed by atoms with E-state index in [-0.39, 0.29) is 5.54 Å². The lowest BCUT2D eigenvalue weighted by Crippen LogP contribution is -3.27. The number of nitrogens with one attached hydrogen (secondary N) is 3. The van der Waals surface area contributed by atoms with Crippen LogP contribution in [0, 0.1) is 17.8 Å². The van der Waals surface area contributed by atoms with Gasteiger partial charge in [0.2, 0.25) is 0 Å². The van der Waals surface area contributed by atoms with Crippen LogP contribution in [-0.2, 0) is 4.79 Å². The van der Waals surface area contributed by atoms with Crippen LogP contribution in [0.15, 0.2) is 0 Å². The molecule has 4 heteroatoms. The second-order valence-corrected chi connectivity index (χ2v) is 8.63. The van der Waals surface area contributed by atoms with Gasteiger partial charge in [0.15, 0.2) is 6.54 Å². The zero-order valence-electron chi connectivity index (χ0n) is 13.4. The Morgan fingerprint density at radius 3 is 2.05 bits per heavy atom. The molecule has 0 atom stereocenters. The summed E-state index contributed by atoms with van der Waals surface area (Å²) in [7, 11) is 2.26. The Bertz CT molecular complexity index is 379. The van der Waals surface area contributed by atoms with E-state index in [9.17, 15) is 4.79 Å². The molecule has 1 aliphatic heterocycles. The molecular formula is C17H31N3O+2. The second kappa shape index (κ2) is 5.24. The van der Waals surface area contributed by atoms with Crippen molar-refractivity contribution in [2.45, 2.75) is 44.1 Å². The fourth-order valence-corrected chi connectivity index (χ4v) is 6.04. The Labute approximate surface area is 128 Å². The van der Waals surface area contributed by atoms with Crippen molar-refractivity contribution in [3.8, 4) is 0 Å². The third kappa shape index (κ3) is 2.85. The Morgan fingerprint density at radius 1 is 1.00 bits per heavy atom. The van der Waals surface area contributed by atoms with Gasteiger partial charge in [0.25, 0.3) is 5.91 Å². The number of rotatable bonds is 3. The molecule has 0 unspecified atom stereocenters. The maximum atomic E-state index is 12.5. The summed E-state index contributed by atoms with van der Waals surface area (Å²) in [6, 6.07) is 0. The van der Waals surface area contributed by atoms with E-state index in [0.29, 0.717) is 12.5 Å². The average molecular weight is 293 g/mol. The molecular weight excluding hydrogens is 262 g/mol. The van der Waals surface area contributed by atoms with E-state index in [2.05, 4.69) is 12.4 Å². The summed E-state index contributed by atoms with van der Waals surface area (Å²) in [6.07, 6.45) is 8.15. The quantitative estimate of drug-likeness (QED) is 0.581. The van der Waals surface area contributed by atoms with Crippen molar-refractivity contribution in [2.75, 3.05) is 39.8 Å². The molecule has 118 valence electrons. The van der Waals surface area contributed by atoms with Crippen LogP contribution in [0.2, 0.25) is 0 Å². The summed E-state index contributed by atoms with van der Waals surface area (Å²) in [6.45, 7) is 5.43. The maximum Gasteiger partial charge on any atom is 0.275 e. The predicted octanol–water partition coefficient (Wildman–Crippen LogP) is -1.52. The molecule has 1 amide bonds. The molecule has 0 aromatic rings. The molecule has 0 radical (unpaired) electrons. The van der Waals surface area contributed by atoms with Gasteiger partial charge in [-0.25, -0.2) is 0 Å². The third-order valence-electron chi connectivity index (χ3n) is 6.66. The van der Waals surface area contributed by atoms with Gasteiger partial charge in [-0.15, -0.1) is 0 Å². The number of hydrogen-bond donors (Lipinski definition) is 3. The molecule has 0 aromatic heterocycles. The first-order valence-corrected chi connectivity index (χ1v) is 9.06. The van der Waals surface area contributed by atoms with Crippen LogP contribution in [-0.4, -0.2) is 51.2 Å². The lowest BCUT2D eigenvalue weighted by Gasteiger charge is -2.56. The highest BCUT2D eigenvalue weighted by Crippen LogP contribution is 2.55. The minimum atomic E-state index is 0.198. The van der Waals surface area contributed by atoms with Crippen molar-refractivity contribution < 1.29 is 14.6 Å². The SMILES string of the molecule is C[NH+]1CC[NH+](CC(=O)NC23CC4CC(CC(C4)C2)C3)CC1. The van der Waals surface area contributed by atoms with Gasteiger partial charge in [-0.2, -0.15) is 0 Å². The van der Waals surface area contributed by atoms with Gasteiger partial charge >= 0.3 is 0 Å². The van der Waals surface area contributed by atoms with Crippen LogP contribution < -0.4 is 15.1 Å². The van der Waals surface area contributed by atoms with Crippen LogP contribution >= 0.6 is 0 Å². The zero-order chi connectivity index (χ0) is 14.4. The summed E-state index contributed by atoms with van der Waals surface area (Å²) in [5.41, 5.74) is 0.198. The van der Waals surface area contributed by atoms with Crippen LogP contribution in [0.5, 0.6) is 0 Å². The maximum absolute atomic E-state index is 12.5. The van der Waals surface area contributed by atoms with Gasteiger partial charge in [-0.05, 0) is 56.3 Å². The van der Waals surface area contributed by atoms with Crippen molar-refractivity contribution in [1.29, 1.82) is 0 Å². The van der Waals surface area contributed by atoms with Gasteiger partial charge in [0.05, 0.1) is 7.05 Å². The van der Waals surface area contributed by atoms with E-state index in [0.717, 1.165) is 30.8 Å². The number of piperazine rings is 1. The fourth-order valence-electron chi connectivity index (χ4n) is 6.04. The molecule has 1 heterocycles. The van der Waals surface area contributed by atoms with Gasteiger partial charge in [-0.3, -0.25) is 4.79 Å². The lowest BCUT2D eigenvalue weighted by atomic mass is 9.53. The van der Waals surface area contributed by atoms with Crippen molar-refractivity contribution >= 4 is 5.91 Å². The first kappa shape index (κ1) is 14.0. The summed E-state index contributed by atoms with van der Waals surface area (Å²) in [4.78, 5) is 15.6. The van der Waals surface area contributed by atoms with E-state index in [1.54, 1.807) is 4.90 Å². The van der Waals surface area contributed by atoms with Crippen molar-refractivity contribution in [1.82, 2.24) is 5.32 Å². The molecule has 4 bridgehead atoms. The Morgan fingerprint density at radius 2 is 1.52 bits per heavy atom. The van der Waals surface area contributed by atoms with E-state index in [1.807, 2.05) is 0 Å². The smallest absolute Gasteiger partial charge is 0.275 e. The Kier molecular flexibility index (Phi) is 3.49. The Balaban J connectivity index is 1.34. The molecule has 0 spiro atoms. The monoisotopic (exact) mass is 293 g/mol. The zero-order valence-corrected chi connectivity index (χ0v) is 13.4. The topological polar surface area (TPSA) is 38.0 Å². The Hall–Kier alpha value is -0.610. The number of amides is 1. The summed E-state index contributed by atoms with van der Waals surface area (Å²) in [5, 5.41) is 3.52. The minimum absolute atomic E-state index is 0.198. The highest BCUT2D eigenvalue weighted by atomic mass is 16.2. The number of carbonyl (C=O) groups excluding carboxylic acids is 1. The molecule has 5 rings (SSSR count). The molecule has 3 N–H and O–H groups in total. The molecule has 5 fully saturated rings. The molecule has 4 saturated carbocycles. The lowest BCUT2D eigenvalue weighted by molar-refractivity contribution is -1.000. The van der Waals surface area contributed by atoms with Crippen LogP contribution in [0.25, 0.3) is 0 Å². The van der Waals surface area contributed by atoms with Crippen molar-refractivity contribution in [2.24, 2.45) is 17.8 Å². The highest BCUT2D eigenvalue weighted by Gasteiger charge is 2.51. The number of carbonyl (C=O) groups is 1.